The first-order valence-corrected chi connectivity index (χ1v) is 21.4. The highest BCUT2D eigenvalue weighted by molar-refractivity contribution is 7.45. The smallest absolute Gasteiger partial charge is 0.466 e. The number of aliphatic hydroxyl groups is 1. The second-order valence-electron chi connectivity index (χ2n) is 13.8. The summed E-state index contributed by atoms with van der Waals surface area (Å²) in [6.07, 6.45) is 6.30. The maximum absolute atomic E-state index is 12.4. The van der Waals surface area contributed by atoms with Crippen LogP contribution in [-0.4, -0.2) is 104 Å². The van der Waals surface area contributed by atoms with Crippen LogP contribution in [0.25, 0.3) is 0 Å². The molecule has 0 aromatic heterocycles. The van der Waals surface area contributed by atoms with Crippen molar-refractivity contribution in [2.45, 2.75) is 69.9 Å². The predicted octanol–water partition coefficient (Wildman–Crippen LogP) is 6.18. The number of aliphatic carboxylic acids is 1. The lowest BCUT2D eigenvalue weighted by Gasteiger charge is -2.50. The van der Waals surface area contributed by atoms with Crippen molar-refractivity contribution in [1.82, 2.24) is 4.90 Å². The van der Waals surface area contributed by atoms with Crippen molar-refractivity contribution >= 4 is 72.0 Å². The Labute approximate surface area is 331 Å². The molecule has 12 nitrogen and oxygen atoms in total. The maximum Gasteiger partial charge on any atom is 0.466 e. The number of alkyl halides is 4. The number of nitrogens with zero attached hydrogens (tertiary/aromatic N) is 2. The number of phosphoric acid groups is 1. The zero-order chi connectivity index (χ0) is 39.3. The van der Waals surface area contributed by atoms with Crippen molar-refractivity contribution < 1.29 is 43.8 Å². The van der Waals surface area contributed by atoms with Crippen LogP contribution in [0.2, 0.25) is 0 Å². The van der Waals surface area contributed by atoms with Gasteiger partial charge in [-0.1, -0.05) is 25.1 Å². The fraction of sp³-hybridized carbons (Fsp3) is 0.611. The van der Waals surface area contributed by atoms with Crippen LogP contribution in [0.4, 0.5) is 10.5 Å². The molecule has 1 amide bonds. The summed E-state index contributed by atoms with van der Waals surface area (Å²) < 4.78 is 14.5. The largest absolute Gasteiger partial charge is 0.480 e. The normalized spacial score (nSPS) is 23.4. The molecule has 7 N–H and O–H groups in total. The first-order valence-electron chi connectivity index (χ1n) is 17.7. The summed E-state index contributed by atoms with van der Waals surface area (Å²) in [5, 5.41) is 19.3. The molecule has 6 atom stereocenters. The van der Waals surface area contributed by atoms with Crippen molar-refractivity contribution in [1.29, 1.82) is 0 Å². The summed E-state index contributed by atoms with van der Waals surface area (Å²) in [5.74, 6) is 3.23. The highest BCUT2D eigenvalue weighted by atomic mass is 35.5. The Hall–Kier alpha value is -1.83. The topological polar surface area (TPSA) is 194 Å². The monoisotopic (exact) mass is 841 g/mol. The Morgan fingerprint density at radius 2 is 1.51 bits per heavy atom. The van der Waals surface area contributed by atoms with Crippen LogP contribution in [0.15, 0.2) is 42.5 Å². The molecule has 0 unspecified atom stereocenters. The summed E-state index contributed by atoms with van der Waals surface area (Å²) in [7, 11) is -4.64. The van der Waals surface area contributed by atoms with Gasteiger partial charge < -0.3 is 45.2 Å². The third-order valence-electron chi connectivity index (χ3n) is 10.6. The first kappa shape index (κ1) is 45.6. The van der Waals surface area contributed by atoms with Gasteiger partial charge in [0.05, 0.1) is 6.10 Å². The van der Waals surface area contributed by atoms with Gasteiger partial charge in [0.1, 0.15) is 11.8 Å². The zero-order valence-corrected chi connectivity index (χ0v) is 33.8. The lowest BCUT2D eigenvalue weighted by atomic mass is 9.55. The lowest BCUT2D eigenvalue weighted by Crippen LogP contribution is -2.43. The van der Waals surface area contributed by atoms with Crippen LogP contribution in [0.5, 0.6) is 5.75 Å². The van der Waals surface area contributed by atoms with Crippen LogP contribution in [0, 0.1) is 17.3 Å². The number of amides is 1. The van der Waals surface area contributed by atoms with Gasteiger partial charge in [-0.3, -0.25) is 4.79 Å². The number of fused-ring (bicyclic) bond motifs is 5. The molecule has 0 heterocycles. The molecule has 3 aliphatic carbocycles. The first-order chi connectivity index (χ1) is 25.1. The van der Waals surface area contributed by atoms with E-state index in [0.717, 1.165) is 62.9 Å². The summed E-state index contributed by atoms with van der Waals surface area (Å²) in [5.41, 5.74) is 10.2. The van der Waals surface area contributed by atoms with Gasteiger partial charge in [0.25, 0.3) is 0 Å². The van der Waals surface area contributed by atoms with Gasteiger partial charge in [-0.2, -0.15) is 0 Å². The molecule has 298 valence electrons. The van der Waals surface area contributed by atoms with E-state index in [9.17, 15) is 14.7 Å². The Morgan fingerprint density at radius 3 is 2.06 bits per heavy atom. The van der Waals surface area contributed by atoms with E-state index in [0.29, 0.717) is 66.5 Å². The minimum absolute atomic E-state index is 0.0996. The number of hydrogen-bond donors (Lipinski definition) is 6. The Kier molecular flexibility index (Phi) is 18.5. The van der Waals surface area contributed by atoms with Crippen LogP contribution in [-0.2, 0) is 22.2 Å². The molecule has 3 aliphatic rings. The van der Waals surface area contributed by atoms with Gasteiger partial charge in [-0.05, 0) is 109 Å². The van der Waals surface area contributed by atoms with Crippen LogP contribution >= 0.6 is 54.2 Å². The van der Waals surface area contributed by atoms with Crippen LogP contribution < -0.4 is 15.4 Å². The van der Waals surface area contributed by atoms with E-state index in [1.54, 1.807) is 4.90 Å². The molecule has 2 aromatic rings. The number of carbonyl (C=O) groups is 2. The molecule has 2 fully saturated rings. The van der Waals surface area contributed by atoms with E-state index in [-0.39, 0.29) is 11.5 Å². The molecular formula is C36H52Cl4N3O9P. The van der Waals surface area contributed by atoms with Crippen molar-refractivity contribution in [3.05, 3.63) is 59.2 Å². The van der Waals surface area contributed by atoms with Gasteiger partial charge in [0.2, 0.25) is 0 Å². The molecule has 17 heteroatoms. The summed E-state index contributed by atoms with van der Waals surface area (Å²) in [4.78, 5) is 48.3. The summed E-state index contributed by atoms with van der Waals surface area (Å²) in [6, 6.07) is 12.9. The van der Waals surface area contributed by atoms with E-state index >= 15 is 0 Å². The maximum atomic E-state index is 12.4. The van der Waals surface area contributed by atoms with E-state index < -0.39 is 25.9 Å². The van der Waals surface area contributed by atoms with Crippen molar-refractivity contribution in [3.8, 4) is 5.75 Å². The van der Waals surface area contributed by atoms with E-state index in [4.69, 9.17) is 81.2 Å². The number of aryl methyl sites for hydroxylation is 1. The van der Waals surface area contributed by atoms with E-state index in [1.807, 2.05) is 36.4 Å². The number of ether oxygens (including phenoxy) is 1. The minimum Gasteiger partial charge on any atom is -0.480 e. The Balaban J connectivity index is 0.000000272. The van der Waals surface area contributed by atoms with E-state index in [1.165, 1.54) is 11.1 Å². The third kappa shape index (κ3) is 13.4. The van der Waals surface area contributed by atoms with Crippen molar-refractivity contribution in [3.63, 3.8) is 0 Å². The highest BCUT2D eigenvalue weighted by Crippen LogP contribution is 2.61. The molecule has 53 heavy (non-hydrogen) atoms. The number of carboxylic acids is 1. The third-order valence-corrected chi connectivity index (χ3v) is 11.3. The van der Waals surface area contributed by atoms with Crippen molar-refractivity contribution in [2.75, 3.05) is 54.6 Å². The predicted molar refractivity (Wildman–Crippen MR) is 210 cm³/mol. The molecule has 5 rings (SSSR count). The summed E-state index contributed by atoms with van der Waals surface area (Å²) in [6.45, 7) is 4.60. The van der Waals surface area contributed by atoms with Crippen LogP contribution in [0.1, 0.15) is 61.6 Å². The van der Waals surface area contributed by atoms with Gasteiger partial charge in [0, 0.05) is 55.4 Å². The average Bonchev–Trinajstić information content (AvgIpc) is 3.41. The summed E-state index contributed by atoms with van der Waals surface area (Å²) >= 11 is 23.1. The highest BCUT2D eigenvalue weighted by Gasteiger charge is 2.54. The molecule has 0 spiro atoms. The number of halogens is 4. The Bertz CT molecular complexity index is 1500. The lowest BCUT2D eigenvalue weighted by molar-refractivity contribution is -0.138. The minimum atomic E-state index is -4.64. The number of nitrogens with two attached hydrogens (primary N) is 1. The van der Waals surface area contributed by atoms with Crippen LogP contribution in [0.3, 0.4) is 0 Å². The standard InChI is InChI=1S/C23H31Cl2NO3.C13H18Cl2N2O2.H3O4P/c1-23-9-8-18-17-5-3-16(29-22(28)26(12-10-24)13-11-25)14-15(17)2-4-19(18)20(23)6-7-21(23)27;14-5-7-17(8-6-15)11-3-1-10(2-4-11)9-12(16)13(18)19;1-5(2,3)4/h3,5,14,18-21,27H,2,4,6-13H2,1H3;1-4,12H,5-9,16H2,(H,18,19);(H3,1,2,3,4)/t18-,19-,20+,21+,23+;12-;/m10./s1. The number of aliphatic hydroxyl groups excluding tert-OH is 1. The molecule has 0 bridgehead atoms. The number of anilines is 1. The van der Waals surface area contributed by atoms with E-state index in [2.05, 4.69) is 17.9 Å². The fourth-order valence-corrected chi connectivity index (χ4v) is 8.83. The molecule has 0 saturated heterocycles. The molecule has 0 aliphatic heterocycles. The SMILES string of the molecule is C[C@]12CC[C@@H]3c4ccc(OC(=O)N(CCCl)CCCl)cc4CC[C@H]3[C@@H]1CC[C@@H]2O.N[C@@H](Cc1ccc(N(CCCl)CCCl)cc1)C(=O)O.O=P(O)(O)O. The fourth-order valence-electron chi connectivity index (χ4n) is 8.02. The molecular weight excluding hydrogens is 791 g/mol. The number of carboxylic acid groups (broad SMARTS) is 1. The number of rotatable bonds is 13. The van der Waals surface area contributed by atoms with Crippen molar-refractivity contribution in [2.24, 2.45) is 23.0 Å². The van der Waals surface area contributed by atoms with Gasteiger partial charge >= 0.3 is 19.9 Å². The second-order valence-corrected chi connectivity index (χ2v) is 16.4. The quantitative estimate of drug-likeness (QED) is 0.0997. The second kappa shape index (κ2) is 21.5. The molecule has 0 radical (unpaired) electrons. The zero-order valence-electron chi connectivity index (χ0n) is 29.8. The van der Waals surface area contributed by atoms with Gasteiger partial charge in [0.15, 0.2) is 0 Å². The van der Waals surface area contributed by atoms with Gasteiger partial charge in [-0.25, -0.2) is 9.36 Å². The number of benzene rings is 2. The number of hydrogen-bond acceptors (Lipinski definition) is 7. The molecule has 2 saturated carbocycles. The van der Waals surface area contributed by atoms with Gasteiger partial charge in [-0.15, -0.1) is 46.4 Å². The molecule has 2 aromatic carbocycles. The average molecular weight is 844 g/mol. The Morgan fingerprint density at radius 1 is 0.925 bits per heavy atom. The number of carbonyl (C=O) groups excluding carboxylic acids is 1.